The molecule has 5 heteroatoms. The molecule has 1 amide bonds. The highest BCUT2D eigenvalue weighted by Gasteiger charge is 2.41. The Morgan fingerprint density at radius 3 is 2.74 bits per heavy atom. The van der Waals surface area contributed by atoms with Gasteiger partial charge in [0.1, 0.15) is 5.41 Å². The van der Waals surface area contributed by atoms with E-state index in [1.807, 2.05) is 36.7 Å². The first-order valence-electron chi connectivity index (χ1n) is 9.37. The Hall–Kier alpha value is -3.13. The van der Waals surface area contributed by atoms with Gasteiger partial charge in [-0.2, -0.15) is 5.26 Å². The average Bonchev–Trinajstić information content (AvgIpc) is 3.35. The Bertz CT molecular complexity index is 1010. The molecule has 1 saturated carbocycles. The predicted octanol–water partition coefficient (Wildman–Crippen LogP) is 3.78. The van der Waals surface area contributed by atoms with Gasteiger partial charge in [-0.1, -0.05) is 49.2 Å². The van der Waals surface area contributed by atoms with Crippen molar-refractivity contribution in [2.75, 3.05) is 0 Å². The molecule has 1 aliphatic rings. The minimum Gasteiger partial charge on any atom is -0.351 e. The van der Waals surface area contributed by atoms with E-state index in [0.29, 0.717) is 19.4 Å². The van der Waals surface area contributed by atoms with E-state index < -0.39 is 5.41 Å². The third-order valence-corrected chi connectivity index (χ3v) is 5.43. The van der Waals surface area contributed by atoms with Crippen LogP contribution in [0.25, 0.3) is 11.0 Å². The van der Waals surface area contributed by atoms with Crippen LogP contribution in [-0.4, -0.2) is 15.5 Å². The number of nitrogens with one attached hydrogen (secondary N) is 1. The predicted molar refractivity (Wildman–Crippen MR) is 104 cm³/mol. The van der Waals surface area contributed by atoms with Crippen molar-refractivity contribution in [3.63, 3.8) is 0 Å². The first-order valence-corrected chi connectivity index (χ1v) is 9.37. The topological polar surface area (TPSA) is 70.7 Å². The molecule has 0 aliphatic heterocycles. The van der Waals surface area contributed by atoms with Crippen LogP contribution in [0.5, 0.6) is 0 Å². The Labute approximate surface area is 158 Å². The largest absolute Gasteiger partial charge is 0.351 e. The second-order valence-electron chi connectivity index (χ2n) is 7.26. The first kappa shape index (κ1) is 17.3. The maximum Gasteiger partial charge on any atom is 0.240 e. The highest BCUT2D eigenvalue weighted by Crippen LogP contribution is 2.37. The number of benzene rings is 2. The van der Waals surface area contributed by atoms with Crippen molar-refractivity contribution in [1.29, 1.82) is 5.26 Å². The first-order chi connectivity index (χ1) is 13.2. The summed E-state index contributed by atoms with van der Waals surface area (Å²) < 4.78 is 2.12. The SMILES string of the molecule is N#CC1(C(=O)NCc2cccc(Cn3cnc4ccccc43)c2)CCCC1. The van der Waals surface area contributed by atoms with Gasteiger partial charge in [0.2, 0.25) is 5.91 Å². The van der Waals surface area contributed by atoms with E-state index in [1.165, 1.54) is 0 Å². The summed E-state index contributed by atoms with van der Waals surface area (Å²) in [7, 11) is 0. The molecule has 1 N–H and O–H groups in total. The number of nitrogens with zero attached hydrogens (tertiary/aromatic N) is 3. The molecule has 0 bridgehead atoms. The standard InChI is InChI=1S/C22H22N4O/c23-15-22(10-3-4-11-22)21(27)24-13-17-6-5-7-18(12-17)14-26-16-25-19-8-1-2-9-20(19)26/h1-2,5-9,12,16H,3-4,10-11,13-14H2,(H,24,27). The molecular formula is C22H22N4O. The lowest BCUT2D eigenvalue weighted by Gasteiger charge is -2.19. The number of carbonyl (C=O) groups excluding carboxylic acids is 1. The van der Waals surface area contributed by atoms with Crippen molar-refractivity contribution in [2.45, 2.75) is 38.8 Å². The summed E-state index contributed by atoms with van der Waals surface area (Å²) in [6, 6.07) is 18.5. The summed E-state index contributed by atoms with van der Waals surface area (Å²) in [4.78, 5) is 16.9. The number of fused-ring (bicyclic) bond motifs is 1. The zero-order valence-corrected chi connectivity index (χ0v) is 15.2. The number of aromatic nitrogens is 2. The van der Waals surface area contributed by atoms with E-state index in [1.54, 1.807) is 0 Å². The fraction of sp³-hybridized carbons (Fsp3) is 0.318. The summed E-state index contributed by atoms with van der Waals surface area (Å²) >= 11 is 0. The molecule has 0 unspecified atom stereocenters. The molecule has 0 atom stereocenters. The molecule has 27 heavy (non-hydrogen) atoms. The van der Waals surface area contributed by atoms with Crippen molar-refractivity contribution >= 4 is 16.9 Å². The van der Waals surface area contributed by atoms with Crippen LogP contribution in [0.4, 0.5) is 0 Å². The zero-order valence-electron chi connectivity index (χ0n) is 15.2. The van der Waals surface area contributed by atoms with Crippen LogP contribution < -0.4 is 5.32 Å². The van der Waals surface area contributed by atoms with Crippen LogP contribution in [0.3, 0.4) is 0 Å². The van der Waals surface area contributed by atoms with Crippen LogP contribution in [0.1, 0.15) is 36.8 Å². The summed E-state index contributed by atoms with van der Waals surface area (Å²) in [6.45, 7) is 1.17. The third kappa shape index (κ3) is 3.43. The van der Waals surface area contributed by atoms with Gasteiger partial charge in [-0.15, -0.1) is 0 Å². The number of nitriles is 1. The van der Waals surface area contributed by atoms with Gasteiger partial charge in [0, 0.05) is 13.1 Å². The number of hydrogen-bond acceptors (Lipinski definition) is 3. The van der Waals surface area contributed by atoms with Gasteiger partial charge in [0.25, 0.3) is 0 Å². The van der Waals surface area contributed by atoms with Gasteiger partial charge < -0.3 is 9.88 Å². The van der Waals surface area contributed by atoms with E-state index in [-0.39, 0.29) is 5.91 Å². The smallest absolute Gasteiger partial charge is 0.240 e. The van der Waals surface area contributed by atoms with Crippen molar-refractivity contribution in [3.8, 4) is 6.07 Å². The van der Waals surface area contributed by atoms with Gasteiger partial charge in [0.15, 0.2) is 0 Å². The number of para-hydroxylation sites is 2. The Kier molecular flexibility index (Phi) is 4.64. The lowest BCUT2D eigenvalue weighted by Crippen LogP contribution is -2.37. The highest BCUT2D eigenvalue weighted by molar-refractivity contribution is 5.85. The number of carbonyl (C=O) groups is 1. The Balaban J connectivity index is 1.45. The van der Waals surface area contributed by atoms with Gasteiger partial charge in [-0.05, 0) is 36.1 Å². The summed E-state index contributed by atoms with van der Waals surface area (Å²) in [5, 5.41) is 12.4. The molecule has 5 nitrogen and oxygen atoms in total. The molecule has 1 aliphatic carbocycles. The van der Waals surface area contributed by atoms with E-state index in [2.05, 4.69) is 39.1 Å². The van der Waals surface area contributed by atoms with Crippen LogP contribution in [0.2, 0.25) is 0 Å². The van der Waals surface area contributed by atoms with Crippen LogP contribution >= 0.6 is 0 Å². The van der Waals surface area contributed by atoms with Gasteiger partial charge in [0.05, 0.1) is 23.4 Å². The number of imidazole rings is 1. The highest BCUT2D eigenvalue weighted by atomic mass is 16.2. The summed E-state index contributed by atoms with van der Waals surface area (Å²) in [6.07, 6.45) is 5.10. The zero-order chi connectivity index (χ0) is 18.7. The molecule has 1 aromatic heterocycles. The van der Waals surface area contributed by atoms with Crippen molar-refractivity contribution in [2.24, 2.45) is 5.41 Å². The maximum absolute atomic E-state index is 12.5. The number of rotatable bonds is 5. The van der Waals surface area contributed by atoms with Gasteiger partial charge >= 0.3 is 0 Å². The molecule has 0 spiro atoms. The average molecular weight is 358 g/mol. The van der Waals surface area contributed by atoms with E-state index in [4.69, 9.17) is 0 Å². The second-order valence-corrected chi connectivity index (χ2v) is 7.26. The summed E-state index contributed by atoms with van der Waals surface area (Å²) in [5.74, 6) is -0.131. The normalized spacial score (nSPS) is 15.5. The van der Waals surface area contributed by atoms with E-state index in [0.717, 1.165) is 41.5 Å². The monoisotopic (exact) mass is 358 g/mol. The third-order valence-electron chi connectivity index (χ3n) is 5.43. The summed E-state index contributed by atoms with van der Waals surface area (Å²) in [5.41, 5.74) is 3.46. The molecule has 0 saturated heterocycles. The van der Waals surface area contributed by atoms with Crippen LogP contribution in [0.15, 0.2) is 54.9 Å². The number of hydrogen-bond donors (Lipinski definition) is 1. The molecule has 4 rings (SSSR count). The number of amides is 1. The van der Waals surface area contributed by atoms with E-state index in [9.17, 15) is 10.1 Å². The molecule has 1 heterocycles. The maximum atomic E-state index is 12.5. The van der Waals surface area contributed by atoms with Crippen LogP contribution in [-0.2, 0) is 17.9 Å². The van der Waals surface area contributed by atoms with Crippen molar-refractivity contribution in [1.82, 2.24) is 14.9 Å². The molecule has 1 fully saturated rings. The Morgan fingerprint density at radius 2 is 1.93 bits per heavy atom. The minimum atomic E-state index is -0.826. The fourth-order valence-electron chi connectivity index (χ4n) is 3.89. The Morgan fingerprint density at radius 1 is 1.15 bits per heavy atom. The lowest BCUT2D eigenvalue weighted by molar-refractivity contribution is -0.128. The minimum absolute atomic E-state index is 0.131. The van der Waals surface area contributed by atoms with Gasteiger partial charge in [-0.25, -0.2) is 4.98 Å². The molecule has 2 aromatic carbocycles. The molecule has 136 valence electrons. The quantitative estimate of drug-likeness (QED) is 0.754. The van der Waals surface area contributed by atoms with Crippen molar-refractivity contribution in [3.05, 3.63) is 66.0 Å². The van der Waals surface area contributed by atoms with Crippen molar-refractivity contribution < 1.29 is 4.79 Å². The second kappa shape index (κ2) is 7.24. The molecule has 0 radical (unpaired) electrons. The fourth-order valence-corrected chi connectivity index (χ4v) is 3.89. The lowest BCUT2D eigenvalue weighted by atomic mass is 9.87. The van der Waals surface area contributed by atoms with E-state index >= 15 is 0 Å². The molecule has 3 aromatic rings. The molecular weight excluding hydrogens is 336 g/mol. The van der Waals surface area contributed by atoms with Gasteiger partial charge in [-0.3, -0.25) is 4.79 Å². The van der Waals surface area contributed by atoms with Crippen LogP contribution in [0, 0.1) is 16.7 Å².